The lowest BCUT2D eigenvalue weighted by Gasteiger charge is -1.66. The summed E-state index contributed by atoms with van der Waals surface area (Å²) in [4.78, 5) is 0. The van der Waals surface area contributed by atoms with Crippen LogP contribution < -0.4 is 5.73 Å². The Hall–Kier alpha value is -0.980. The second-order valence-electron chi connectivity index (χ2n) is 1.01. The Balaban J connectivity index is 3.27. The van der Waals surface area contributed by atoms with Crippen molar-refractivity contribution in [2.45, 2.75) is 0 Å². The van der Waals surface area contributed by atoms with E-state index >= 15 is 0 Å². The number of hydrogen-bond donors (Lipinski definition) is 1. The molecule has 0 fully saturated rings. The van der Waals surface area contributed by atoms with Crippen LogP contribution in [-0.2, 0) is 0 Å². The van der Waals surface area contributed by atoms with Gasteiger partial charge in [0.25, 0.3) is 0 Å². The Morgan fingerprint density at radius 3 is 2.29 bits per heavy atom. The number of hydrogen-bond acceptors (Lipinski definition) is 1. The summed E-state index contributed by atoms with van der Waals surface area (Å²) in [7, 11) is 0. The summed E-state index contributed by atoms with van der Waals surface area (Å²) in [5, 5.41) is 0. The normalized spacial score (nSPS) is 10.9. The lowest BCUT2D eigenvalue weighted by molar-refractivity contribution is 1.60. The maximum atomic E-state index is 5.00. The van der Waals surface area contributed by atoms with Crippen molar-refractivity contribution in [3.05, 3.63) is 37.1 Å². The molecule has 0 aliphatic rings. The van der Waals surface area contributed by atoms with Gasteiger partial charge in [-0.15, -0.1) is 0 Å². The highest BCUT2D eigenvalue weighted by Gasteiger charge is 1.52. The van der Waals surface area contributed by atoms with Crippen LogP contribution in [0.3, 0.4) is 0 Å². The Morgan fingerprint density at radius 2 is 1.86 bits per heavy atom. The quantitative estimate of drug-likeness (QED) is 0.512. The SMILES string of the molecule is C=CC=CC=CN. The Labute approximate surface area is 43.8 Å². The standard InChI is InChI=1S/C6H9N/c1-2-3-4-5-6-7/h2-6H,1,7H2. The van der Waals surface area contributed by atoms with Gasteiger partial charge in [-0.05, 0) is 12.3 Å². The third-order valence-corrected chi connectivity index (χ3v) is 0.469. The lowest BCUT2D eigenvalue weighted by Crippen LogP contribution is -1.71. The highest BCUT2D eigenvalue weighted by molar-refractivity contribution is 5.07. The van der Waals surface area contributed by atoms with Gasteiger partial charge in [-0.1, -0.05) is 24.8 Å². The average Bonchev–Trinajstić information content (AvgIpc) is 1.69. The molecule has 0 heterocycles. The molecule has 1 heteroatoms. The first-order valence-corrected chi connectivity index (χ1v) is 2.07. The molecule has 0 atom stereocenters. The lowest BCUT2D eigenvalue weighted by atomic mass is 10.5. The summed E-state index contributed by atoms with van der Waals surface area (Å²) in [6, 6.07) is 0. The zero-order valence-electron chi connectivity index (χ0n) is 4.17. The number of nitrogens with two attached hydrogens (primary N) is 1. The summed E-state index contributed by atoms with van der Waals surface area (Å²) in [6.45, 7) is 3.47. The molecular formula is C6H9N. The van der Waals surface area contributed by atoms with Crippen molar-refractivity contribution < 1.29 is 0 Å². The van der Waals surface area contributed by atoms with E-state index in [2.05, 4.69) is 6.58 Å². The zero-order chi connectivity index (χ0) is 5.54. The van der Waals surface area contributed by atoms with Gasteiger partial charge in [0.2, 0.25) is 0 Å². The molecule has 38 valence electrons. The molecule has 1 nitrogen and oxygen atoms in total. The minimum absolute atomic E-state index is 1.47. The van der Waals surface area contributed by atoms with Crippen LogP contribution in [0.1, 0.15) is 0 Å². The van der Waals surface area contributed by atoms with Gasteiger partial charge in [0.15, 0.2) is 0 Å². The van der Waals surface area contributed by atoms with E-state index in [9.17, 15) is 0 Å². The third kappa shape index (κ3) is 5.02. The monoisotopic (exact) mass is 95.1 g/mol. The topological polar surface area (TPSA) is 26.0 Å². The molecule has 2 N–H and O–H groups in total. The molecule has 0 saturated carbocycles. The fraction of sp³-hybridized carbons (Fsp3) is 0. The first-order chi connectivity index (χ1) is 3.41. The summed E-state index contributed by atoms with van der Waals surface area (Å²) >= 11 is 0. The van der Waals surface area contributed by atoms with E-state index in [0.29, 0.717) is 0 Å². The zero-order valence-corrected chi connectivity index (χ0v) is 4.17. The number of rotatable bonds is 2. The third-order valence-electron chi connectivity index (χ3n) is 0.469. The predicted molar refractivity (Wildman–Crippen MR) is 32.7 cm³/mol. The largest absolute Gasteiger partial charge is 0.405 e. The van der Waals surface area contributed by atoms with Crippen molar-refractivity contribution >= 4 is 0 Å². The Kier molecular flexibility index (Phi) is 4.32. The van der Waals surface area contributed by atoms with Crippen LogP contribution in [0.5, 0.6) is 0 Å². The molecule has 0 aliphatic heterocycles. The van der Waals surface area contributed by atoms with Crippen molar-refractivity contribution in [2.75, 3.05) is 0 Å². The van der Waals surface area contributed by atoms with Gasteiger partial charge < -0.3 is 5.73 Å². The van der Waals surface area contributed by atoms with Gasteiger partial charge in [0.05, 0.1) is 0 Å². The maximum absolute atomic E-state index is 5.00. The van der Waals surface area contributed by atoms with Crippen LogP contribution in [0, 0.1) is 0 Å². The van der Waals surface area contributed by atoms with Crippen LogP contribution in [0.4, 0.5) is 0 Å². The van der Waals surface area contributed by atoms with Gasteiger partial charge in [-0.2, -0.15) is 0 Å². The van der Waals surface area contributed by atoms with Crippen LogP contribution in [0.2, 0.25) is 0 Å². The highest BCUT2D eigenvalue weighted by atomic mass is 14.5. The van der Waals surface area contributed by atoms with E-state index in [0.717, 1.165) is 0 Å². The molecule has 0 aliphatic carbocycles. The van der Waals surface area contributed by atoms with Crippen LogP contribution in [0.15, 0.2) is 37.1 Å². The molecule has 0 unspecified atom stereocenters. The minimum atomic E-state index is 1.47. The molecule has 0 aromatic rings. The summed E-state index contributed by atoms with van der Waals surface area (Å²) in [5.74, 6) is 0. The van der Waals surface area contributed by atoms with E-state index < -0.39 is 0 Å². The van der Waals surface area contributed by atoms with E-state index in [-0.39, 0.29) is 0 Å². The average molecular weight is 95.1 g/mol. The predicted octanol–water partition coefficient (Wildman–Crippen LogP) is 1.20. The molecular weight excluding hydrogens is 86.1 g/mol. The molecule has 7 heavy (non-hydrogen) atoms. The fourth-order valence-electron chi connectivity index (χ4n) is 0.207. The van der Waals surface area contributed by atoms with Gasteiger partial charge >= 0.3 is 0 Å². The number of allylic oxidation sites excluding steroid dienone is 4. The van der Waals surface area contributed by atoms with Crippen LogP contribution in [0.25, 0.3) is 0 Å². The molecule has 0 amide bonds. The smallest absolute Gasteiger partial charge is 0.00624 e. The van der Waals surface area contributed by atoms with E-state index in [1.165, 1.54) is 6.20 Å². The van der Waals surface area contributed by atoms with E-state index in [4.69, 9.17) is 5.73 Å². The van der Waals surface area contributed by atoms with Gasteiger partial charge in [-0.25, -0.2) is 0 Å². The first-order valence-electron chi connectivity index (χ1n) is 2.07. The van der Waals surface area contributed by atoms with Crippen LogP contribution in [-0.4, -0.2) is 0 Å². The molecule has 0 saturated heterocycles. The maximum Gasteiger partial charge on any atom is -0.00624 e. The van der Waals surface area contributed by atoms with E-state index in [1.54, 1.807) is 12.2 Å². The van der Waals surface area contributed by atoms with Crippen molar-refractivity contribution in [3.8, 4) is 0 Å². The van der Waals surface area contributed by atoms with Crippen molar-refractivity contribution in [3.63, 3.8) is 0 Å². The van der Waals surface area contributed by atoms with Gasteiger partial charge in [0, 0.05) is 0 Å². The highest BCUT2D eigenvalue weighted by Crippen LogP contribution is 1.71. The fourth-order valence-corrected chi connectivity index (χ4v) is 0.207. The van der Waals surface area contributed by atoms with Gasteiger partial charge in [-0.3, -0.25) is 0 Å². The summed E-state index contributed by atoms with van der Waals surface area (Å²) < 4.78 is 0. The first kappa shape index (κ1) is 6.02. The van der Waals surface area contributed by atoms with Crippen molar-refractivity contribution in [1.29, 1.82) is 0 Å². The van der Waals surface area contributed by atoms with E-state index in [1.807, 2.05) is 12.2 Å². The second-order valence-corrected chi connectivity index (χ2v) is 1.01. The van der Waals surface area contributed by atoms with Crippen molar-refractivity contribution in [2.24, 2.45) is 5.73 Å². The Bertz CT molecular complexity index is 90.4. The Morgan fingerprint density at radius 1 is 1.14 bits per heavy atom. The molecule has 0 radical (unpaired) electrons. The molecule has 0 spiro atoms. The molecule has 0 rings (SSSR count). The second kappa shape index (κ2) is 5.02. The summed E-state index contributed by atoms with van der Waals surface area (Å²) in [5.41, 5.74) is 5.00. The summed E-state index contributed by atoms with van der Waals surface area (Å²) in [6.07, 6.45) is 8.53. The van der Waals surface area contributed by atoms with Gasteiger partial charge in [0.1, 0.15) is 0 Å². The van der Waals surface area contributed by atoms with Crippen molar-refractivity contribution in [1.82, 2.24) is 0 Å². The molecule has 0 aromatic carbocycles. The molecule has 0 bridgehead atoms. The minimum Gasteiger partial charge on any atom is -0.405 e. The molecule has 0 aromatic heterocycles. The van der Waals surface area contributed by atoms with Crippen LogP contribution >= 0.6 is 0 Å².